The number of nitrogens with zero attached hydrogens (tertiary/aromatic N) is 1. The van der Waals surface area contributed by atoms with Crippen molar-refractivity contribution in [1.29, 1.82) is 0 Å². The predicted molar refractivity (Wildman–Crippen MR) is 61.9 cm³/mol. The van der Waals surface area contributed by atoms with Gasteiger partial charge in [0.15, 0.2) is 0 Å². The first kappa shape index (κ1) is 12.6. The number of rotatable bonds is 3. The van der Waals surface area contributed by atoms with Crippen LogP contribution in [0.4, 0.5) is 4.79 Å². The van der Waals surface area contributed by atoms with Gasteiger partial charge in [-0.3, -0.25) is 0 Å². The molecule has 2 heterocycles. The second kappa shape index (κ2) is 3.59. The third-order valence-electron chi connectivity index (χ3n) is 3.90. The molecule has 98 valence electrons. The quantitative estimate of drug-likeness (QED) is 0.784. The average molecular weight is 243 g/mol. The molecule has 2 bridgehead atoms. The van der Waals surface area contributed by atoms with Crippen LogP contribution in [-0.2, 0) is 4.74 Å². The van der Waals surface area contributed by atoms with Crippen LogP contribution in [0.2, 0.25) is 0 Å². The van der Waals surface area contributed by atoms with Crippen molar-refractivity contribution >= 4 is 6.09 Å². The van der Waals surface area contributed by atoms with Gasteiger partial charge in [0.25, 0.3) is 0 Å². The van der Waals surface area contributed by atoms with E-state index in [1.807, 2.05) is 20.8 Å². The smallest absolute Gasteiger partial charge is 0.407 e. The van der Waals surface area contributed by atoms with E-state index in [9.17, 15) is 15.0 Å². The maximum absolute atomic E-state index is 11.3. The first-order valence-electron chi connectivity index (χ1n) is 5.98. The zero-order valence-electron chi connectivity index (χ0n) is 10.7. The normalized spacial score (nSPS) is 35.5. The first-order chi connectivity index (χ1) is 7.72. The van der Waals surface area contributed by atoms with Crippen molar-refractivity contribution in [2.75, 3.05) is 19.8 Å². The summed E-state index contributed by atoms with van der Waals surface area (Å²) in [6.07, 6.45) is 0.635. The first-order valence-corrected chi connectivity index (χ1v) is 5.98. The second-order valence-electron chi connectivity index (χ2n) is 6.52. The Morgan fingerprint density at radius 2 is 2.00 bits per heavy atom. The lowest BCUT2D eigenvalue weighted by Crippen LogP contribution is -2.57. The van der Waals surface area contributed by atoms with Gasteiger partial charge in [-0.2, -0.15) is 0 Å². The Balaban J connectivity index is 2.05. The van der Waals surface area contributed by atoms with Crippen LogP contribution in [0.1, 0.15) is 33.6 Å². The number of hydrogen-bond acceptors (Lipinski definition) is 3. The van der Waals surface area contributed by atoms with Gasteiger partial charge in [0.1, 0.15) is 0 Å². The zero-order chi connectivity index (χ0) is 12.9. The third kappa shape index (κ3) is 2.02. The van der Waals surface area contributed by atoms with Gasteiger partial charge in [-0.15, -0.1) is 0 Å². The molecular weight excluding hydrogens is 222 g/mol. The van der Waals surface area contributed by atoms with Crippen molar-refractivity contribution in [3.63, 3.8) is 0 Å². The van der Waals surface area contributed by atoms with Gasteiger partial charge in [-0.05, 0) is 33.6 Å². The van der Waals surface area contributed by atoms with E-state index in [0.29, 0.717) is 13.2 Å². The molecule has 0 unspecified atom stereocenters. The highest BCUT2D eigenvalue weighted by atomic mass is 16.5. The van der Waals surface area contributed by atoms with Gasteiger partial charge in [0.05, 0.1) is 25.4 Å². The zero-order valence-corrected chi connectivity index (χ0v) is 10.7. The predicted octanol–water partition coefficient (Wildman–Crippen LogP) is 1.31. The average Bonchev–Trinajstić information content (AvgIpc) is 2.66. The number of ether oxygens (including phenoxy) is 1. The summed E-state index contributed by atoms with van der Waals surface area (Å²) in [5.74, 6) is 0. The van der Waals surface area contributed by atoms with Crippen molar-refractivity contribution in [3.05, 3.63) is 0 Å². The molecule has 17 heavy (non-hydrogen) atoms. The van der Waals surface area contributed by atoms with E-state index < -0.39 is 11.6 Å². The van der Waals surface area contributed by atoms with Crippen molar-refractivity contribution in [2.24, 2.45) is 5.41 Å². The van der Waals surface area contributed by atoms with Crippen LogP contribution < -0.4 is 0 Å². The summed E-state index contributed by atoms with van der Waals surface area (Å²) in [6.45, 7) is 6.73. The molecule has 5 heteroatoms. The fourth-order valence-electron chi connectivity index (χ4n) is 3.02. The number of hydrogen-bond donors (Lipinski definition) is 2. The summed E-state index contributed by atoms with van der Waals surface area (Å²) < 4.78 is 5.72. The molecule has 3 aliphatic rings. The van der Waals surface area contributed by atoms with Crippen LogP contribution in [0.5, 0.6) is 0 Å². The minimum Gasteiger partial charge on any atom is -0.465 e. The van der Waals surface area contributed by atoms with Crippen LogP contribution in [0.25, 0.3) is 0 Å². The monoisotopic (exact) mass is 243 g/mol. The molecule has 2 saturated heterocycles. The molecule has 2 N–H and O–H groups in total. The van der Waals surface area contributed by atoms with E-state index in [1.54, 1.807) is 0 Å². The molecule has 1 aliphatic carbocycles. The van der Waals surface area contributed by atoms with Gasteiger partial charge in [-0.1, -0.05) is 0 Å². The maximum Gasteiger partial charge on any atom is 0.407 e. The number of aliphatic hydroxyl groups is 1. The summed E-state index contributed by atoms with van der Waals surface area (Å²) in [7, 11) is 0. The van der Waals surface area contributed by atoms with Crippen LogP contribution in [-0.4, -0.2) is 52.1 Å². The lowest BCUT2D eigenvalue weighted by Gasteiger charge is -2.47. The van der Waals surface area contributed by atoms with Crippen molar-refractivity contribution in [2.45, 2.75) is 44.8 Å². The minimum atomic E-state index is -0.913. The minimum absolute atomic E-state index is 0.0952. The molecule has 0 spiro atoms. The fourth-order valence-corrected chi connectivity index (χ4v) is 3.02. The molecule has 0 aromatic carbocycles. The molecule has 0 aromatic heterocycles. The SMILES string of the molecule is CC(C)(C)N(CC12CC(CO)(CO1)C2)C(=O)O. The van der Waals surface area contributed by atoms with E-state index in [0.717, 1.165) is 12.8 Å². The molecule has 3 fully saturated rings. The number of fused-ring (bicyclic) bond motifs is 1. The number of amides is 1. The van der Waals surface area contributed by atoms with Crippen LogP contribution in [0, 0.1) is 5.41 Å². The molecule has 0 atom stereocenters. The van der Waals surface area contributed by atoms with E-state index >= 15 is 0 Å². The van der Waals surface area contributed by atoms with Crippen LogP contribution in [0.15, 0.2) is 0 Å². The molecule has 1 saturated carbocycles. The van der Waals surface area contributed by atoms with E-state index in [4.69, 9.17) is 4.74 Å². The Kier molecular flexibility index (Phi) is 2.67. The van der Waals surface area contributed by atoms with Gasteiger partial charge in [0.2, 0.25) is 0 Å². The summed E-state index contributed by atoms with van der Waals surface area (Å²) in [4.78, 5) is 12.7. The molecule has 1 amide bonds. The van der Waals surface area contributed by atoms with E-state index in [2.05, 4.69) is 0 Å². The van der Waals surface area contributed by atoms with Crippen molar-refractivity contribution in [1.82, 2.24) is 4.90 Å². The Morgan fingerprint density at radius 3 is 2.35 bits per heavy atom. The molecule has 5 nitrogen and oxygen atoms in total. The largest absolute Gasteiger partial charge is 0.465 e. The topological polar surface area (TPSA) is 70.0 Å². The number of carbonyl (C=O) groups is 1. The molecule has 0 radical (unpaired) electrons. The van der Waals surface area contributed by atoms with Crippen LogP contribution >= 0.6 is 0 Å². The molecular formula is C12H21NO4. The molecule has 3 rings (SSSR count). The second-order valence-corrected chi connectivity index (χ2v) is 6.52. The van der Waals surface area contributed by atoms with Gasteiger partial charge < -0.3 is 19.8 Å². The van der Waals surface area contributed by atoms with Gasteiger partial charge >= 0.3 is 6.09 Å². The van der Waals surface area contributed by atoms with Gasteiger partial charge in [-0.25, -0.2) is 4.79 Å². The number of aliphatic hydroxyl groups excluding tert-OH is 1. The fraction of sp³-hybridized carbons (Fsp3) is 0.917. The highest BCUT2D eigenvalue weighted by Crippen LogP contribution is 2.57. The summed E-state index contributed by atoms with van der Waals surface area (Å²) in [5.41, 5.74) is -0.875. The Hall–Kier alpha value is -0.810. The third-order valence-corrected chi connectivity index (χ3v) is 3.90. The van der Waals surface area contributed by atoms with E-state index in [-0.39, 0.29) is 17.6 Å². The van der Waals surface area contributed by atoms with E-state index in [1.165, 1.54) is 4.90 Å². The van der Waals surface area contributed by atoms with Crippen molar-refractivity contribution < 1.29 is 19.7 Å². The number of carboxylic acid groups (broad SMARTS) is 1. The van der Waals surface area contributed by atoms with Crippen LogP contribution in [0.3, 0.4) is 0 Å². The Bertz CT molecular complexity index is 328. The summed E-state index contributed by atoms with van der Waals surface area (Å²) in [6, 6.07) is 0. The Morgan fingerprint density at radius 1 is 1.41 bits per heavy atom. The highest BCUT2D eigenvalue weighted by molar-refractivity contribution is 5.66. The molecule has 0 aromatic rings. The lowest BCUT2D eigenvalue weighted by molar-refractivity contribution is -0.0618. The van der Waals surface area contributed by atoms with Gasteiger partial charge in [0, 0.05) is 11.0 Å². The van der Waals surface area contributed by atoms with Crippen molar-refractivity contribution in [3.8, 4) is 0 Å². The lowest BCUT2D eigenvalue weighted by atomic mass is 9.62. The standard InChI is InChI=1S/C12H21NO4/c1-10(2,3)13(9(15)16)6-12-4-11(5-12,7-14)8-17-12/h14H,4-8H2,1-3H3,(H,15,16). The maximum atomic E-state index is 11.3. The highest BCUT2D eigenvalue weighted by Gasteiger charge is 2.63. The Labute approximate surface area is 101 Å². The summed E-state index contributed by atoms with van der Waals surface area (Å²) >= 11 is 0. The summed E-state index contributed by atoms with van der Waals surface area (Å²) in [5, 5.41) is 18.5. The molecule has 2 aliphatic heterocycles.